The molecule has 1 aliphatic rings. The highest BCUT2D eigenvalue weighted by Gasteiger charge is 2.20. The number of carbonyl (C=O) groups excluding carboxylic acids is 2. The van der Waals surface area contributed by atoms with Crippen molar-refractivity contribution in [2.24, 2.45) is 5.92 Å². The molecular formula is C17H21N3O3. The van der Waals surface area contributed by atoms with Crippen LogP contribution in [0.15, 0.2) is 18.2 Å². The van der Waals surface area contributed by atoms with Crippen molar-refractivity contribution < 1.29 is 14.3 Å². The number of fused-ring (bicyclic) bond motifs is 1. The number of nitrogens with one attached hydrogen (secondary N) is 1. The largest absolute Gasteiger partial charge is 0.469 e. The number of aromatic amines is 1. The Balaban J connectivity index is 1.81. The lowest BCUT2D eigenvalue weighted by Gasteiger charge is -2.12. The zero-order valence-electron chi connectivity index (χ0n) is 13.5. The summed E-state index contributed by atoms with van der Waals surface area (Å²) in [5, 5.41) is 0. The molecule has 0 aliphatic carbocycles. The van der Waals surface area contributed by atoms with Gasteiger partial charge in [0.15, 0.2) is 5.78 Å². The van der Waals surface area contributed by atoms with Crippen LogP contribution in [0.3, 0.4) is 0 Å². The van der Waals surface area contributed by atoms with Crippen molar-refractivity contribution >= 4 is 28.7 Å². The fraction of sp³-hybridized carbons (Fsp3) is 0.471. The number of benzene rings is 1. The third-order valence-electron chi connectivity index (χ3n) is 4.31. The first kappa shape index (κ1) is 15.5. The number of methoxy groups -OCH3 is 1. The van der Waals surface area contributed by atoms with Crippen molar-refractivity contribution in [1.82, 2.24) is 9.97 Å². The molecule has 0 saturated carbocycles. The Morgan fingerprint density at radius 2 is 2.09 bits per heavy atom. The minimum atomic E-state index is -0.402. The van der Waals surface area contributed by atoms with Crippen LogP contribution in [-0.2, 0) is 9.53 Å². The highest BCUT2D eigenvalue weighted by atomic mass is 16.5. The maximum Gasteiger partial charge on any atom is 0.306 e. The number of Topliss-reactive ketones (excluding diaryl/α,β-unsaturated/α-hetero) is 1. The van der Waals surface area contributed by atoms with E-state index in [-0.39, 0.29) is 18.2 Å². The van der Waals surface area contributed by atoms with Gasteiger partial charge in [-0.3, -0.25) is 9.59 Å². The van der Waals surface area contributed by atoms with E-state index < -0.39 is 5.92 Å². The standard InChI is InChI=1S/C17H21N3O3/c1-11(9-15(21)23-2)16(22)12-5-6-13-14(10-12)19-17(18-13)20-7-3-4-8-20/h5-6,10-11H,3-4,7-9H2,1-2H3,(H,18,19). The van der Waals surface area contributed by atoms with Crippen LogP contribution in [0.2, 0.25) is 0 Å². The summed E-state index contributed by atoms with van der Waals surface area (Å²) >= 11 is 0. The number of hydrogen-bond donors (Lipinski definition) is 1. The second-order valence-corrected chi connectivity index (χ2v) is 6.03. The summed E-state index contributed by atoms with van der Waals surface area (Å²) in [6.07, 6.45) is 2.47. The number of imidazole rings is 1. The van der Waals surface area contributed by atoms with Crippen LogP contribution in [0.1, 0.15) is 36.5 Å². The van der Waals surface area contributed by atoms with Gasteiger partial charge in [-0.05, 0) is 31.0 Å². The van der Waals surface area contributed by atoms with Gasteiger partial charge in [0.2, 0.25) is 5.95 Å². The first-order valence-corrected chi connectivity index (χ1v) is 7.94. The minimum Gasteiger partial charge on any atom is -0.469 e. The van der Waals surface area contributed by atoms with E-state index in [1.54, 1.807) is 13.0 Å². The molecule has 0 bridgehead atoms. The molecule has 3 rings (SSSR count). The Hall–Kier alpha value is -2.37. The van der Waals surface area contributed by atoms with Gasteiger partial charge in [0.25, 0.3) is 0 Å². The van der Waals surface area contributed by atoms with Gasteiger partial charge in [-0.1, -0.05) is 6.92 Å². The second-order valence-electron chi connectivity index (χ2n) is 6.03. The lowest BCUT2D eigenvalue weighted by atomic mass is 9.96. The van der Waals surface area contributed by atoms with Gasteiger partial charge in [-0.25, -0.2) is 4.98 Å². The van der Waals surface area contributed by atoms with Crippen LogP contribution in [0, 0.1) is 5.92 Å². The van der Waals surface area contributed by atoms with E-state index in [0.29, 0.717) is 5.56 Å². The van der Waals surface area contributed by atoms with Crippen molar-refractivity contribution in [1.29, 1.82) is 0 Å². The Kier molecular flexibility index (Phi) is 4.32. The number of ether oxygens (including phenoxy) is 1. The van der Waals surface area contributed by atoms with Gasteiger partial charge in [0.05, 0.1) is 24.6 Å². The molecule has 1 aromatic heterocycles. The number of anilines is 1. The smallest absolute Gasteiger partial charge is 0.306 e. The summed E-state index contributed by atoms with van der Waals surface area (Å²) in [4.78, 5) is 33.9. The highest BCUT2D eigenvalue weighted by molar-refractivity contribution is 6.01. The summed E-state index contributed by atoms with van der Waals surface area (Å²) in [6, 6.07) is 5.44. The molecule has 1 unspecified atom stereocenters. The van der Waals surface area contributed by atoms with Crippen molar-refractivity contribution in [3.63, 3.8) is 0 Å². The van der Waals surface area contributed by atoms with Crippen molar-refractivity contribution in [3.8, 4) is 0 Å². The lowest BCUT2D eigenvalue weighted by molar-refractivity contribution is -0.141. The zero-order chi connectivity index (χ0) is 16.4. The predicted octanol–water partition coefficient (Wildman–Crippen LogP) is 2.54. The molecule has 0 spiro atoms. The van der Waals surface area contributed by atoms with Crippen molar-refractivity contribution in [2.45, 2.75) is 26.2 Å². The summed E-state index contributed by atoms with van der Waals surface area (Å²) < 4.78 is 4.62. The molecule has 122 valence electrons. The predicted molar refractivity (Wildman–Crippen MR) is 87.7 cm³/mol. The molecule has 1 aromatic carbocycles. The third-order valence-corrected chi connectivity index (χ3v) is 4.31. The topological polar surface area (TPSA) is 75.3 Å². The quantitative estimate of drug-likeness (QED) is 0.678. The number of esters is 1. The Morgan fingerprint density at radius 3 is 2.78 bits per heavy atom. The van der Waals surface area contributed by atoms with E-state index in [4.69, 9.17) is 0 Å². The van der Waals surface area contributed by atoms with E-state index in [1.807, 2.05) is 12.1 Å². The van der Waals surface area contributed by atoms with E-state index in [1.165, 1.54) is 20.0 Å². The molecule has 1 atom stereocenters. The van der Waals surface area contributed by atoms with E-state index in [9.17, 15) is 9.59 Å². The number of rotatable bonds is 5. The number of hydrogen-bond acceptors (Lipinski definition) is 5. The molecule has 2 heterocycles. The van der Waals surface area contributed by atoms with Crippen molar-refractivity contribution in [2.75, 3.05) is 25.1 Å². The number of nitrogens with zero attached hydrogens (tertiary/aromatic N) is 2. The van der Waals surface area contributed by atoms with Crippen LogP contribution < -0.4 is 4.90 Å². The third kappa shape index (κ3) is 3.21. The Morgan fingerprint density at radius 1 is 1.35 bits per heavy atom. The zero-order valence-corrected chi connectivity index (χ0v) is 13.5. The van der Waals surface area contributed by atoms with E-state index in [2.05, 4.69) is 19.6 Å². The molecule has 6 heteroatoms. The minimum absolute atomic E-state index is 0.0605. The number of carbonyl (C=O) groups is 2. The average Bonchev–Trinajstić information content (AvgIpc) is 3.21. The first-order chi connectivity index (χ1) is 11.1. The molecule has 1 saturated heterocycles. The molecule has 1 N–H and O–H groups in total. The van der Waals surface area contributed by atoms with E-state index >= 15 is 0 Å². The van der Waals surface area contributed by atoms with Gasteiger partial charge >= 0.3 is 5.97 Å². The lowest BCUT2D eigenvalue weighted by Crippen LogP contribution is -2.18. The second kappa shape index (κ2) is 6.40. The maximum absolute atomic E-state index is 12.5. The molecule has 23 heavy (non-hydrogen) atoms. The summed E-state index contributed by atoms with van der Waals surface area (Å²) in [6.45, 7) is 3.77. The van der Waals surface area contributed by atoms with Gasteiger partial charge in [-0.2, -0.15) is 0 Å². The molecule has 0 radical (unpaired) electrons. The fourth-order valence-electron chi connectivity index (χ4n) is 2.94. The normalized spacial score (nSPS) is 15.8. The Labute approximate surface area is 134 Å². The van der Waals surface area contributed by atoms with Crippen LogP contribution in [-0.4, -0.2) is 41.9 Å². The van der Waals surface area contributed by atoms with Crippen molar-refractivity contribution in [3.05, 3.63) is 23.8 Å². The number of H-pyrrole nitrogens is 1. The summed E-state index contributed by atoms with van der Waals surface area (Å²) in [5.74, 6) is 0.0324. The fourth-order valence-corrected chi connectivity index (χ4v) is 2.94. The van der Waals surface area contributed by atoms with Crippen LogP contribution in [0.4, 0.5) is 5.95 Å². The van der Waals surface area contributed by atoms with Crippen LogP contribution >= 0.6 is 0 Å². The summed E-state index contributed by atoms with van der Waals surface area (Å²) in [5.41, 5.74) is 2.29. The van der Waals surface area contributed by atoms with Gasteiger partial charge in [-0.15, -0.1) is 0 Å². The van der Waals surface area contributed by atoms with Gasteiger partial charge in [0.1, 0.15) is 0 Å². The van der Waals surface area contributed by atoms with E-state index in [0.717, 1.165) is 30.1 Å². The molecule has 0 amide bonds. The first-order valence-electron chi connectivity index (χ1n) is 7.94. The van der Waals surface area contributed by atoms with Gasteiger partial charge < -0.3 is 14.6 Å². The van der Waals surface area contributed by atoms with Gasteiger partial charge in [0, 0.05) is 24.6 Å². The molecule has 2 aromatic rings. The van der Waals surface area contributed by atoms with Crippen LogP contribution in [0.25, 0.3) is 11.0 Å². The molecule has 1 fully saturated rings. The SMILES string of the molecule is COC(=O)CC(C)C(=O)c1ccc2nc(N3CCCC3)[nH]c2c1. The highest BCUT2D eigenvalue weighted by Crippen LogP contribution is 2.23. The number of aromatic nitrogens is 2. The summed E-state index contributed by atoms with van der Waals surface area (Å²) in [7, 11) is 1.33. The number of ketones is 1. The average molecular weight is 315 g/mol. The molecular weight excluding hydrogens is 294 g/mol. The Bertz CT molecular complexity index is 732. The van der Waals surface area contributed by atoms with Crippen LogP contribution in [0.5, 0.6) is 0 Å². The monoisotopic (exact) mass is 315 g/mol. The molecule has 1 aliphatic heterocycles. The maximum atomic E-state index is 12.5. The molecule has 6 nitrogen and oxygen atoms in total.